The Balaban J connectivity index is 2.24. The highest BCUT2D eigenvalue weighted by Gasteiger charge is 2.14. The van der Waals surface area contributed by atoms with Crippen LogP contribution in [0.25, 0.3) is 0 Å². The molecule has 0 aliphatic heterocycles. The van der Waals surface area contributed by atoms with Crippen LogP contribution in [0.2, 0.25) is 0 Å². The summed E-state index contributed by atoms with van der Waals surface area (Å²) in [5, 5.41) is 9.08. The second kappa shape index (κ2) is 6.58. The monoisotopic (exact) mass is 252 g/mol. The largest absolute Gasteiger partial charge is 0.484 e. The quantitative estimate of drug-likeness (QED) is 0.889. The van der Waals surface area contributed by atoms with E-state index < -0.39 is 0 Å². The number of hydrogen-bond donors (Lipinski definition) is 1. The summed E-state index contributed by atoms with van der Waals surface area (Å²) in [5.41, 5.74) is 7.26. The first-order valence-corrected chi connectivity index (χ1v) is 6.26. The van der Waals surface area contributed by atoms with E-state index in [0.29, 0.717) is 24.3 Å². The Morgan fingerprint density at radius 2 is 1.74 bits per heavy atom. The Hall–Kier alpha value is -2.31. The third-order valence-corrected chi connectivity index (χ3v) is 2.88. The molecule has 2 aromatic carbocycles. The molecule has 0 radical (unpaired) electrons. The van der Waals surface area contributed by atoms with Gasteiger partial charge < -0.3 is 10.5 Å². The maximum absolute atomic E-state index is 9.08. The molecular weight excluding hydrogens is 236 g/mol. The van der Waals surface area contributed by atoms with E-state index >= 15 is 0 Å². The molecule has 1 unspecified atom stereocenters. The van der Waals surface area contributed by atoms with Gasteiger partial charge >= 0.3 is 0 Å². The van der Waals surface area contributed by atoms with Crippen molar-refractivity contribution in [1.29, 1.82) is 5.26 Å². The van der Waals surface area contributed by atoms with Gasteiger partial charge in [-0.15, -0.1) is 0 Å². The lowest BCUT2D eigenvalue weighted by molar-refractivity contribution is 0.197. The Labute approximate surface area is 113 Å². The molecule has 2 rings (SSSR count). The fourth-order valence-electron chi connectivity index (χ4n) is 1.93. The summed E-state index contributed by atoms with van der Waals surface area (Å²) < 4.78 is 5.96. The van der Waals surface area contributed by atoms with Crippen LogP contribution in [0.4, 0.5) is 0 Å². The van der Waals surface area contributed by atoms with Gasteiger partial charge in [0.25, 0.3) is 0 Å². The lowest BCUT2D eigenvalue weighted by Crippen LogP contribution is -2.13. The summed E-state index contributed by atoms with van der Waals surface area (Å²) >= 11 is 0. The average molecular weight is 252 g/mol. The molecule has 0 bridgehead atoms. The van der Waals surface area contributed by atoms with Crippen molar-refractivity contribution in [1.82, 2.24) is 0 Å². The molecule has 0 aliphatic carbocycles. The van der Waals surface area contributed by atoms with Gasteiger partial charge in [-0.2, -0.15) is 5.26 Å². The van der Waals surface area contributed by atoms with E-state index in [-0.39, 0.29) is 6.10 Å². The maximum atomic E-state index is 9.08. The molecule has 3 heteroatoms. The van der Waals surface area contributed by atoms with Gasteiger partial charge in [0.1, 0.15) is 17.9 Å². The Kier molecular flexibility index (Phi) is 4.54. The van der Waals surface area contributed by atoms with Crippen LogP contribution < -0.4 is 10.5 Å². The summed E-state index contributed by atoms with van der Waals surface area (Å²) in [6.45, 7) is 0.536. The normalized spacial score (nSPS) is 11.6. The molecule has 19 heavy (non-hydrogen) atoms. The van der Waals surface area contributed by atoms with Crippen LogP contribution in [0.15, 0.2) is 54.6 Å². The van der Waals surface area contributed by atoms with Gasteiger partial charge in [-0.25, -0.2) is 0 Å². The van der Waals surface area contributed by atoms with Gasteiger partial charge in [-0.1, -0.05) is 42.5 Å². The summed E-state index contributed by atoms with van der Waals surface area (Å²) in [7, 11) is 0. The first kappa shape index (κ1) is 13.1. The molecule has 0 spiro atoms. The summed E-state index contributed by atoms with van der Waals surface area (Å²) in [5.74, 6) is 0.604. The highest BCUT2D eigenvalue weighted by Crippen LogP contribution is 2.26. The van der Waals surface area contributed by atoms with E-state index in [1.807, 2.05) is 48.5 Å². The van der Waals surface area contributed by atoms with E-state index in [4.69, 9.17) is 15.7 Å². The predicted octanol–water partition coefficient (Wildman–Crippen LogP) is 3.03. The van der Waals surface area contributed by atoms with Gasteiger partial charge in [-0.05, 0) is 24.2 Å². The molecule has 1 atom stereocenters. The second-order valence-corrected chi connectivity index (χ2v) is 4.20. The SMILES string of the molecule is N#Cc1ccccc1OC(CCN)c1ccccc1. The highest BCUT2D eigenvalue weighted by molar-refractivity contribution is 5.43. The lowest BCUT2D eigenvalue weighted by atomic mass is 10.1. The molecule has 2 N–H and O–H groups in total. The number of nitrogens with zero attached hydrogens (tertiary/aromatic N) is 1. The van der Waals surface area contributed by atoms with Crippen LogP contribution in [0.5, 0.6) is 5.75 Å². The van der Waals surface area contributed by atoms with Crippen LogP contribution in [0.3, 0.4) is 0 Å². The molecule has 96 valence electrons. The zero-order valence-corrected chi connectivity index (χ0v) is 10.6. The van der Waals surface area contributed by atoms with Crippen molar-refractivity contribution in [2.24, 2.45) is 5.73 Å². The molecule has 0 amide bonds. The van der Waals surface area contributed by atoms with Crippen LogP contribution >= 0.6 is 0 Å². The van der Waals surface area contributed by atoms with E-state index in [2.05, 4.69) is 6.07 Å². The Morgan fingerprint density at radius 3 is 2.42 bits per heavy atom. The number of nitrogens with two attached hydrogens (primary N) is 1. The molecular formula is C16H16N2O. The molecule has 3 nitrogen and oxygen atoms in total. The van der Waals surface area contributed by atoms with E-state index in [1.165, 1.54) is 0 Å². The first-order chi connectivity index (χ1) is 9.35. The van der Waals surface area contributed by atoms with Crippen molar-refractivity contribution < 1.29 is 4.74 Å². The van der Waals surface area contributed by atoms with Crippen molar-refractivity contribution in [3.8, 4) is 11.8 Å². The Bertz CT molecular complexity index is 560. The molecule has 0 aliphatic rings. The van der Waals surface area contributed by atoms with Gasteiger partial charge in [0.15, 0.2) is 0 Å². The first-order valence-electron chi connectivity index (χ1n) is 6.26. The molecule has 0 fully saturated rings. The molecule has 0 aromatic heterocycles. The van der Waals surface area contributed by atoms with Crippen molar-refractivity contribution in [3.05, 3.63) is 65.7 Å². The van der Waals surface area contributed by atoms with Crippen molar-refractivity contribution in [3.63, 3.8) is 0 Å². The number of benzene rings is 2. The predicted molar refractivity (Wildman–Crippen MR) is 74.6 cm³/mol. The molecule has 2 aromatic rings. The van der Waals surface area contributed by atoms with E-state index in [9.17, 15) is 0 Å². The van der Waals surface area contributed by atoms with Crippen LogP contribution in [0, 0.1) is 11.3 Å². The van der Waals surface area contributed by atoms with Crippen LogP contribution in [0.1, 0.15) is 23.7 Å². The fourth-order valence-corrected chi connectivity index (χ4v) is 1.93. The zero-order valence-electron chi connectivity index (χ0n) is 10.6. The number of ether oxygens (including phenoxy) is 1. The van der Waals surface area contributed by atoms with Crippen LogP contribution in [-0.2, 0) is 0 Å². The number of rotatable bonds is 5. The average Bonchev–Trinajstić information content (AvgIpc) is 2.48. The minimum absolute atomic E-state index is 0.124. The van der Waals surface area contributed by atoms with Gasteiger partial charge in [0.2, 0.25) is 0 Å². The number of para-hydroxylation sites is 1. The highest BCUT2D eigenvalue weighted by atomic mass is 16.5. The minimum Gasteiger partial charge on any atom is -0.484 e. The zero-order chi connectivity index (χ0) is 13.5. The molecule has 0 heterocycles. The number of hydrogen-bond acceptors (Lipinski definition) is 3. The third kappa shape index (κ3) is 3.34. The molecule has 0 saturated carbocycles. The van der Waals surface area contributed by atoms with Crippen molar-refractivity contribution >= 4 is 0 Å². The summed E-state index contributed by atoms with van der Waals surface area (Å²) in [6, 6.07) is 19.3. The van der Waals surface area contributed by atoms with E-state index in [1.54, 1.807) is 6.07 Å². The fraction of sp³-hybridized carbons (Fsp3) is 0.188. The number of nitriles is 1. The summed E-state index contributed by atoms with van der Waals surface area (Å²) in [4.78, 5) is 0. The van der Waals surface area contributed by atoms with Crippen molar-refractivity contribution in [2.45, 2.75) is 12.5 Å². The topological polar surface area (TPSA) is 59.0 Å². The van der Waals surface area contributed by atoms with E-state index in [0.717, 1.165) is 5.56 Å². The maximum Gasteiger partial charge on any atom is 0.137 e. The minimum atomic E-state index is -0.124. The second-order valence-electron chi connectivity index (χ2n) is 4.20. The van der Waals surface area contributed by atoms with Gasteiger partial charge in [-0.3, -0.25) is 0 Å². The van der Waals surface area contributed by atoms with Crippen molar-refractivity contribution in [2.75, 3.05) is 6.54 Å². The smallest absolute Gasteiger partial charge is 0.137 e. The summed E-state index contributed by atoms with van der Waals surface area (Å²) in [6.07, 6.45) is 0.588. The standard InChI is InChI=1S/C16H16N2O/c17-11-10-16(13-6-2-1-3-7-13)19-15-9-5-4-8-14(15)12-18/h1-9,16H,10-11,17H2. The van der Waals surface area contributed by atoms with Gasteiger partial charge in [0.05, 0.1) is 5.56 Å². The third-order valence-electron chi connectivity index (χ3n) is 2.88. The molecule has 0 saturated heterocycles. The van der Waals surface area contributed by atoms with Crippen LogP contribution in [-0.4, -0.2) is 6.54 Å². The Morgan fingerprint density at radius 1 is 1.05 bits per heavy atom. The lowest BCUT2D eigenvalue weighted by Gasteiger charge is -2.19. The van der Waals surface area contributed by atoms with Gasteiger partial charge in [0, 0.05) is 6.42 Å².